The molecule has 0 radical (unpaired) electrons. The van der Waals surface area contributed by atoms with E-state index in [1.54, 1.807) is 0 Å². The maximum Gasteiger partial charge on any atom is 0.266 e. The van der Waals surface area contributed by atoms with Crippen LogP contribution in [-0.2, 0) is 6.54 Å². The summed E-state index contributed by atoms with van der Waals surface area (Å²) in [6.07, 6.45) is 0.885. The predicted octanol–water partition coefficient (Wildman–Crippen LogP) is 0.236. The predicted molar refractivity (Wildman–Crippen MR) is 43.2 cm³/mol. The Bertz CT molecular complexity index is 292. The van der Waals surface area contributed by atoms with Crippen molar-refractivity contribution >= 4 is 5.82 Å². The lowest BCUT2D eigenvalue weighted by molar-refractivity contribution is 0.571. The Labute approximate surface area is 64.6 Å². The number of anilines is 1. The third kappa shape index (κ3) is 1.80. The Morgan fingerprint density at radius 1 is 1.64 bits per heavy atom. The maximum absolute atomic E-state index is 11.0. The molecule has 0 spiro atoms. The van der Waals surface area contributed by atoms with Crippen LogP contribution in [0.2, 0.25) is 0 Å². The van der Waals surface area contributed by atoms with Crippen LogP contribution in [-0.4, -0.2) is 9.78 Å². The summed E-state index contributed by atoms with van der Waals surface area (Å²) in [4.78, 5) is 11.0. The summed E-state index contributed by atoms with van der Waals surface area (Å²) in [6.45, 7) is 2.61. The van der Waals surface area contributed by atoms with Gasteiger partial charge in [-0.2, -0.15) is 5.10 Å². The zero-order valence-electron chi connectivity index (χ0n) is 6.45. The van der Waals surface area contributed by atoms with Crippen LogP contribution in [0.4, 0.5) is 5.82 Å². The molecule has 1 aromatic rings. The molecule has 0 atom stereocenters. The highest BCUT2D eigenvalue weighted by molar-refractivity contribution is 5.23. The van der Waals surface area contributed by atoms with Gasteiger partial charge >= 0.3 is 0 Å². The number of nitrogens with two attached hydrogens (primary N) is 1. The van der Waals surface area contributed by atoms with Crippen LogP contribution in [0.1, 0.15) is 13.3 Å². The van der Waals surface area contributed by atoms with Crippen molar-refractivity contribution in [3.8, 4) is 0 Å². The minimum absolute atomic E-state index is 0.0962. The van der Waals surface area contributed by atoms with E-state index >= 15 is 0 Å². The van der Waals surface area contributed by atoms with Crippen LogP contribution in [0.15, 0.2) is 16.9 Å². The fourth-order valence-corrected chi connectivity index (χ4v) is 0.837. The summed E-state index contributed by atoms with van der Waals surface area (Å²) in [5.74, 6) is 0.387. The summed E-state index contributed by atoms with van der Waals surface area (Å²) in [5, 5.41) is 3.84. The first-order valence-electron chi connectivity index (χ1n) is 3.57. The van der Waals surface area contributed by atoms with E-state index in [4.69, 9.17) is 5.73 Å². The summed E-state index contributed by atoms with van der Waals surface area (Å²) in [7, 11) is 0. The van der Waals surface area contributed by atoms with Crippen molar-refractivity contribution in [2.45, 2.75) is 19.9 Å². The Balaban J connectivity index is 3.03. The molecular weight excluding hydrogens is 142 g/mol. The smallest absolute Gasteiger partial charge is 0.266 e. The standard InChI is InChI=1S/C7H11N3O/c1-2-5-10-7(11)4-3-6(8)9-10/h3-4H,2,5H2,1H3,(H2,8,9). The molecule has 1 rings (SSSR count). The van der Waals surface area contributed by atoms with Gasteiger partial charge in [-0.25, -0.2) is 4.68 Å². The van der Waals surface area contributed by atoms with Gasteiger partial charge in [-0.1, -0.05) is 6.92 Å². The molecule has 1 aromatic heterocycles. The van der Waals surface area contributed by atoms with Crippen molar-refractivity contribution in [1.82, 2.24) is 9.78 Å². The maximum atomic E-state index is 11.0. The fraction of sp³-hybridized carbons (Fsp3) is 0.429. The third-order valence-electron chi connectivity index (χ3n) is 1.32. The van der Waals surface area contributed by atoms with E-state index in [-0.39, 0.29) is 5.56 Å². The van der Waals surface area contributed by atoms with E-state index < -0.39 is 0 Å². The molecule has 0 aliphatic heterocycles. The average molecular weight is 153 g/mol. The molecule has 2 N–H and O–H groups in total. The van der Waals surface area contributed by atoms with E-state index in [1.165, 1.54) is 16.8 Å². The molecule has 0 saturated carbocycles. The van der Waals surface area contributed by atoms with Gasteiger partial charge in [0.2, 0.25) is 0 Å². The van der Waals surface area contributed by atoms with E-state index in [0.29, 0.717) is 12.4 Å². The minimum atomic E-state index is -0.0962. The first kappa shape index (κ1) is 7.78. The molecule has 0 aliphatic rings. The lowest BCUT2D eigenvalue weighted by atomic mass is 10.4. The Morgan fingerprint density at radius 3 is 3.00 bits per heavy atom. The highest BCUT2D eigenvalue weighted by Crippen LogP contribution is 1.89. The van der Waals surface area contributed by atoms with Crippen molar-refractivity contribution < 1.29 is 0 Å². The lowest BCUT2D eigenvalue weighted by Crippen LogP contribution is -2.22. The molecule has 0 aliphatic carbocycles. The Morgan fingerprint density at radius 2 is 2.36 bits per heavy atom. The van der Waals surface area contributed by atoms with Crippen LogP contribution >= 0.6 is 0 Å². The van der Waals surface area contributed by atoms with E-state index in [0.717, 1.165) is 6.42 Å². The van der Waals surface area contributed by atoms with Gasteiger partial charge in [0.05, 0.1) is 0 Å². The molecule has 0 amide bonds. The molecule has 0 unspecified atom stereocenters. The van der Waals surface area contributed by atoms with Crippen molar-refractivity contribution in [3.05, 3.63) is 22.5 Å². The van der Waals surface area contributed by atoms with Gasteiger partial charge in [-0.15, -0.1) is 0 Å². The van der Waals surface area contributed by atoms with Crippen molar-refractivity contribution in [1.29, 1.82) is 0 Å². The molecule has 0 aromatic carbocycles. The fourth-order valence-electron chi connectivity index (χ4n) is 0.837. The molecule has 4 nitrogen and oxygen atoms in total. The monoisotopic (exact) mass is 153 g/mol. The highest BCUT2D eigenvalue weighted by Gasteiger charge is 1.94. The van der Waals surface area contributed by atoms with Gasteiger partial charge in [0, 0.05) is 12.6 Å². The number of aryl methyl sites for hydroxylation is 1. The normalized spacial score (nSPS) is 9.91. The number of rotatable bonds is 2. The van der Waals surface area contributed by atoms with Gasteiger partial charge in [-0.05, 0) is 12.5 Å². The topological polar surface area (TPSA) is 60.9 Å². The van der Waals surface area contributed by atoms with E-state index in [2.05, 4.69) is 5.10 Å². The number of hydrogen-bond acceptors (Lipinski definition) is 3. The molecule has 0 fully saturated rings. The largest absolute Gasteiger partial charge is 0.382 e. The molecule has 0 saturated heterocycles. The summed E-state index contributed by atoms with van der Waals surface area (Å²) in [6, 6.07) is 2.94. The number of nitrogen functional groups attached to an aromatic ring is 1. The van der Waals surface area contributed by atoms with Crippen molar-refractivity contribution in [3.63, 3.8) is 0 Å². The van der Waals surface area contributed by atoms with Crippen molar-refractivity contribution in [2.75, 3.05) is 5.73 Å². The summed E-state index contributed by atoms with van der Waals surface area (Å²) >= 11 is 0. The number of hydrogen-bond donors (Lipinski definition) is 1. The second kappa shape index (κ2) is 3.18. The van der Waals surface area contributed by atoms with Crippen LogP contribution in [0.25, 0.3) is 0 Å². The third-order valence-corrected chi connectivity index (χ3v) is 1.32. The van der Waals surface area contributed by atoms with Gasteiger partial charge in [-0.3, -0.25) is 4.79 Å². The van der Waals surface area contributed by atoms with Gasteiger partial charge < -0.3 is 5.73 Å². The molecule has 1 heterocycles. The van der Waals surface area contributed by atoms with Crippen LogP contribution in [0, 0.1) is 0 Å². The Hall–Kier alpha value is -1.32. The van der Waals surface area contributed by atoms with E-state index in [1.807, 2.05) is 6.92 Å². The molecule has 0 bridgehead atoms. The van der Waals surface area contributed by atoms with Gasteiger partial charge in [0.25, 0.3) is 5.56 Å². The second-order valence-corrected chi connectivity index (χ2v) is 2.32. The SMILES string of the molecule is CCCn1nc(N)ccc1=O. The first-order chi connectivity index (χ1) is 5.24. The molecule has 11 heavy (non-hydrogen) atoms. The first-order valence-corrected chi connectivity index (χ1v) is 3.57. The lowest BCUT2D eigenvalue weighted by Gasteiger charge is -2.00. The minimum Gasteiger partial charge on any atom is -0.382 e. The summed E-state index contributed by atoms with van der Waals surface area (Å²) < 4.78 is 1.37. The summed E-state index contributed by atoms with van der Waals surface area (Å²) in [5.41, 5.74) is 5.29. The van der Waals surface area contributed by atoms with Gasteiger partial charge in [0.1, 0.15) is 5.82 Å². The highest BCUT2D eigenvalue weighted by atomic mass is 16.1. The molecular formula is C7H11N3O. The molecule has 60 valence electrons. The average Bonchev–Trinajstić information content (AvgIpc) is 1.98. The zero-order valence-corrected chi connectivity index (χ0v) is 6.45. The Kier molecular flexibility index (Phi) is 2.25. The number of nitrogens with zero attached hydrogens (tertiary/aromatic N) is 2. The number of aromatic nitrogens is 2. The molecule has 4 heteroatoms. The van der Waals surface area contributed by atoms with Crippen LogP contribution in [0.5, 0.6) is 0 Å². The second-order valence-electron chi connectivity index (χ2n) is 2.32. The van der Waals surface area contributed by atoms with E-state index in [9.17, 15) is 4.79 Å². The van der Waals surface area contributed by atoms with Crippen LogP contribution in [0.3, 0.4) is 0 Å². The quantitative estimate of drug-likeness (QED) is 0.661. The zero-order chi connectivity index (χ0) is 8.27. The van der Waals surface area contributed by atoms with Crippen molar-refractivity contribution in [2.24, 2.45) is 0 Å². The van der Waals surface area contributed by atoms with Crippen LogP contribution < -0.4 is 11.3 Å². The van der Waals surface area contributed by atoms with Gasteiger partial charge in [0.15, 0.2) is 0 Å².